The standard InChI is InChI=1S/C25H21Cl2N3O2/c26-19-11-9-17(10-12-19)23(31)16-30-22-8-4-3-7-21(22)29-24(30)13-14-28-25(32)15-18-5-1-2-6-20(18)27/h1-12H,13-16H2,(H,28,32). The maximum absolute atomic E-state index is 12.9. The molecule has 0 aliphatic rings. The second-order valence-corrected chi connectivity index (χ2v) is 8.24. The predicted octanol–water partition coefficient (Wildman–Crippen LogP) is 5.13. The monoisotopic (exact) mass is 465 g/mol. The summed E-state index contributed by atoms with van der Waals surface area (Å²) in [5.41, 5.74) is 3.07. The van der Waals surface area contributed by atoms with Gasteiger partial charge in [0, 0.05) is 28.6 Å². The Morgan fingerprint density at radius 3 is 2.41 bits per heavy atom. The molecule has 0 bridgehead atoms. The van der Waals surface area contributed by atoms with E-state index in [0.717, 1.165) is 22.4 Å². The molecule has 7 heteroatoms. The van der Waals surface area contributed by atoms with Gasteiger partial charge in [0.05, 0.1) is 24.0 Å². The summed E-state index contributed by atoms with van der Waals surface area (Å²) < 4.78 is 1.91. The first-order chi connectivity index (χ1) is 15.5. The van der Waals surface area contributed by atoms with Crippen molar-refractivity contribution in [3.05, 3.63) is 99.8 Å². The van der Waals surface area contributed by atoms with Crippen LogP contribution in [0.25, 0.3) is 11.0 Å². The fraction of sp³-hybridized carbons (Fsp3) is 0.160. The molecule has 0 aliphatic heterocycles. The summed E-state index contributed by atoms with van der Waals surface area (Å²) in [6.45, 7) is 0.562. The van der Waals surface area contributed by atoms with Crippen molar-refractivity contribution >= 4 is 45.9 Å². The van der Waals surface area contributed by atoms with E-state index in [1.165, 1.54) is 0 Å². The quantitative estimate of drug-likeness (QED) is 0.367. The van der Waals surface area contributed by atoms with Crippen LogP contribution >= 0.6 is 23.2 Å². The minimum Gasteiger partial charge on any atom is -0.355 e. The normalized spacial score (nSPS) is 10.9. The molecular weight excluding hydrogens is 445 g/mol. The Balaban J connectivity index is 1.46. The van der Waals surface area contributed by atoms with Gasteiger partial charge < -0.3 is 9.88 Å². The van der Waals surface area contributed by atoms with Crippen LogP contribution in [0.15, 0.2) is 72.8 Å². The second-order valence-electron chi connectivity index (χ2n) is 7.40. The zero-order chi connectivity index (χ0) is 22.5. The third-order valence-corrected chi connectivity index (χ3v) is 5.80. The van der Waals surface area contributed by atoms with Crippen LogP contribution in [-0.4, -0.2) is 27.8 Å². The van der Waals surface area contributed by atoms with Crippen LogP contribution in [0.5, 0.6) is 0 Å². The Bertz CT molecular complexity index is 1270. The zero-order valence-corrected chi connectivity index (χ0v) is 18.7. The largest absolute Gasteiger partial charge is 0.355 e. The van der Waals surface area contributed by atoms with Gasteiger partial charge in [0.2, 0.25) is 5.91 Å². The number of Topliss-reactive ketones (excluding diaryl/α,β-unsaturated/α-hetero) is 1. The molecule has 1 heterocycles. The van der Waals surface area contributed by atoms with E-state index in [1.807, 2.05) is 47.0 Å². The van der Waals surface area contributed by atoms with E-state index in [2.05, 4.69) is 10.3 Å². The zero-order valence-electron chi connectivity index (χ0n) is 17.2. The van der Waals surface area contributed by atoms with E-state index in [4.69, 9.17) is 23.2 Å². The molecule has 0 atom stereocenters. The molecule has 32 heavy (non-hydrogen) atoms. The second kappa shape index (κ2) is 9.98. The van der Waals surface area contributed by atoms with Crippen LogP contribution in [-0.2, 0) is 24.2 Å². The molecule has 0 saturated heterocycles. The Kier molecular flexibility index (Phi) is 6.88. The first kappa shape index (κ1) is 22.1. The summed E-state index contributed by atoms with van der Waals surface area (Å²) in [6, 6.07) is 21.8. The van der Waals surface area contributed by atoms with Gasteiger partial charge in [0.15, 0.2) is 5.78 Å². The Morgan fingerprint density at radius 2 is 1.62 bits per heavy atom. The van der Waals surface area contributed by atoms with Gasteiger partial charge in [-0.3, -0.25) is 9.59 Å². The van der Waals surface area contributed by atoms with E-state index >= 15 is 0 Å². The number of carbonyl (C=O) groups is 2. The van der Waals surface area contributed by atoms with Crippen molar-refractivity contribution in [3.63, 3.8) is 0 Å². The molecule has 3 aromatic carbocycles. The molecule has 0 aliphatic carbocycles. The van der Waals surface area contributed by atoms with Crippen molar-refractivity contribution < 1.29 is 9.59 Å². The number of para-hydroxylation sites is 2. The lowest BCUT2D eigenvalue weighted by molar-refractivity contribution is -0.120. The lowest BCUT2D eigenvalue weighted by Crippen LogP contribution is -2.28. The fourth-order valence-corrected chi connectivity index (χ4v) is 3.88. The minimum atomic E-state index is -0.113. The topological polar surface area (TPSA) is 64.0 Å². The summed E-state index contributed by atoms with van der Waals surface area (Å²) in [5.74, 6) is 0.596. The number of hydrogen-bond acceptors (Lipinski definition) is 3. The fourth-order valence-electron chi connectivity index (χ4n) is 3.55. The van der Waals surface area contributed by atoms with Gasteiger partial charge in [-0.15, -0.1) is 0 Å². The van der Waals surface area contributed by atoms with E-state index < -0.39 is 0 Å². The van der Waals surface area contributed by atoms with Gasteiger partial charge in [0.25, 0.3) is 0 Å². The van der Waals surface area contributed by atoms with Crippen molar-refractivity contribution in [2.75, 3.05) is 6.54 Å². The van der Waals surface area contributed by atoms with Gasteiger partial charge >= 0.3 is 0 Å². The summed E-state index contributed by atoms with van der Waals surface area (Å²) in [7, 11) is 0. The first-order valence-electron chi connectivity index (χ1n) is 10.2. The molecule has 4 aromatic rings. The molecule has 1 amide bonds. The van der Waals surface area contributed by atoms with E-state index in [1.54, 1.807) is 30.3 Å². The predicted molar refractivity (Wildman–Crippen MR) is 127 cm³/mol. The number of aromatic nitrogens is 2. The number of amides is 1. The van der Waals surface area contributed by atoms with E-state index in [9.17, 15) is 9.59 Å². The van der Waals surface area contributed by atoms with Crippen LogP contribution in [0, 0.1) is 0 Å². The molecule has 0 unspecified atom stereocenters. The number of halogens is 2. The highest BCUT2D eigenvalue weighted by Crippen LogP contribution is 2.19. The summed E-state index contributed by atoms with van der Waals surface area (Å²) in [6.07, 6.45) is 0.710. The van der Waals surface area contributed by atoms with Crippen molar-refractivity contribution in [1.29, 1.82) is 0 Å². The molecule has 1 N–H and O–H groups in total. The van der Waals surface area contributed by atoms with Gasteiger partial charge in [0.1, 0.15) is 5.82 Å². The molecule has 0 spiro atoms. The number of nitrogens with one attached hydrogen (secondary N) is 1. The lowest BCUT2D eigenvalue weighted by atomic mass is 10.1. The maximum Gasteiger partial charge on any atom is 0.224 e. The Labute approximate surface area is 196 Å². The van der Waals surface area contributed by atoms with Crippen LogP contribution in [0.2, 0.25) is 10.0 Å². The number of benzene rings is 3. The smallest absolute Gasteiger partial charge is 0.224 e. The molecule has 0 saturated carbocycles. The molecule has 0 radical (unpaired) electrons. The number of rotatable bonds is 8. The third kappa shape index (κ3) is 5.18. The van der Waals surface area contributed by atoms with Crippen molar-refractivity contribution in [2.45, 2.75) is 19.4 Å². The van der Waals surface area contributed by atoms with Crippen LogP contribution in [0.1, 0.15) is 21.7 Å². The summed E-state index contributed by atoms with van der Waals surface area (Å²) in [4.78, 5) is 29.9. The van der Waals surface area contributed by atoms with Crippen molar-refractivity contribution in [2.24, 2.45) is 0 Å². The van der Waals surface area contributed by atoms with Gasteiger partial charge in [-0.05, 0) is 48.0 Å². The Hall–Kier alpha value is -3.15. The van der Waals surface area contributed by atoms with Gasteiger partial charge in [-0.1, -0.05) is 53.5 Å². The summed E-state index contributed by atoms with van der Waals surface area (Å²) >= 11 is 12.1. The lowest BCUT2D eigenvalue weighted by Gasteiger charge is -2.10. The van der Waals surface area contributed by atoms with Crippen molar-refractivity contribution in [3.8, 4) is 0 Å². The van der Waals surface area contributed by atoms with Gasteiger partial charge in [-0.2, -0.15) is 0 Å². The average molecular weight is 466 g/mol. The van der Waals surface area contributed by atoms with E-state index in [-0.39, 0.29) is 24.7 Å². The third-order valence-electron chi connectivity index (χ3n) is 5.18. The molecule has 4 rings (SSSR count). The minimum absolute atomic E-state index is 0.0335. The number of fused-ring (bicyclic) bond motifs is 1. The van der Waals surface area contributed by atoms with Gasteiger partial charge in [-0.25, -0.2) is 4.98 Å². The average Bonchev–Trinajstić information content (AvgIpc) is 3.13. The highest BCUT2D eigenvalue weighted by molar-refractivity contribution is 6.31. The highest BCUT2D eigenvalue weighted by Gasteiger charge is 2.15. The number of ketones is 1. The number of imidazole rings is 1. The van der Waals surface area contributed by atoms with E-state index in [0.29, 0.717) is 28.6 Å². The Morgan fingerprint density at radius 1 is 0.906 bits per heavy atom. The number of carbonyl (C=O) groups excluding carboxylic acids is 2. The molecular formula is C25H21Cl2N3O2. The number of nitrogens with zero attached hydrogens (tertiary/aromatic N) is 2. The number of hydrogen-bond donors (Lipinski definition) is 1. The molecule has 162 valence electrons. The molecule has 5 nitrogen and oxygen atoms in total. The molecule has 1 aromatic heterocycles. The summed E-state index contributed by atoms with van der Waals surface area (Å²) in [5, 5.41) is 4.08. The molecule has 0 fully saturated rings. The van der Waals surface area contributed by atoms with Crippen LogP contribution < -0.4 is 5.32 Å². The van der Waals surface area contributed by atoms with Crippen LogP contribution in [0.3, 0.4) is 0 Å². The first-order valence-corrected chi connectivity index (χ1v) is 11.0. The SMILES string of the molecule is O=C(Cc1ccccc1Cl)NCCc1nc2ccccc2n1CC(=O)c1ccc(Cl)cc1. The maximum atomic E-state index is 12.9. The van der Waals surface area contributed by atoms with Crippen molar-refractivity contribution in [1.82, 2.24) is 14.9 Å². The highest BCUT2D eigenvalue weighted by atomic mass is 35.5. The van der Waals surface area contributed by atoms with Crippen LogP contribution in [0.4, 0.5) is 0 Å².